The molecule has 120 valence electrons. The van der Waals surface area contributed by atoms with Gasteiger partial charge in [-0.05, 0) is 41.5 Å². The summed E-state index contributed by atoms with van der Waals surface area (Å²) < 4.78 is 12.1. The molecule has 0 heterocycles. The highest BCUT2D eigenvalue weighted by Gasteiger charge is 2.06. The molecular weight excluding hydrogens is 362 g/mol. The first-order valence-corrected chi connectivity index (χ1v) is 7.51. The first-order valence-electron chi connectivity index (χ1n) is 6.72. The molecule has 0 aliphatic rings. The number of nitrogens with zero attached hydrogens (tertiary/aromatic N) is 1. The van der Waals surface area contributed by atoms with Crippen LogP contribution in [0.3, 0.4) is 0 Å². The summed E-state index contributed by atoms with van der Waals surface area (Å²) in [6.45, 7) is 0.407. The zero-order valence-electron chi connectivity index (χ0n) is 12.5. The van der Waals surface area contributed by atoms with E-state index >= 15 is 0 Å². The fourth-order valence-corrected chi connectivity index (χ4v) is 2.06. The number of hydrogen-bond donors (Lipinski definition) is 2. The number of amides is 2. The number of hydrazone groups is 1. The highest BCUT2D eigenvalue weighted by molar-refractivity contribution is 9.10. The highest BCUT2D eigenvalue weighted by atomic mass is 79.9. The normalized spacial score (nSPS) is 10.5. The topological polar surface area (TPSA) is 85.9 Å². The molecule has 2 amide bonds. The van der Waals surface area contributed by atoms with E-state index in [-0.39, 0.29) is 0 Å². The van der Waals surface area contributed by atoms with Gasteiger partial charge in [0.2, 0.25) is 0 Å². The highest BCUT2D eigenvalue weighted by Crippen LogP contribution is 2.28. The third-order valence-corrected chi connectivity index (χ3v) is 3.41. The van der Waals surface area contributed by atoms with Crippen molar-refractivity contribution in [1.82, 2.24) is 5.43 Å². The van der Waals surface area contributed by atoms with Crippen molar-refractivity contribution < 1.29 is 14.3 Å². The molecule has 0 saturated carbocycles. The van der Waals surface area contributed by atoms with Crippen LogP contribution in [0.4, 0.5) is 4.79 Å². The molecule has 0 aliphatic carbocycles. The SMILES string of the molecule is COc1ccc(/C=N\NC(N)=O)cc1OCc1ccc(Br)cc1. The lowest BCUT2D eigenvalue weighted by Gasteiger charge is -2.11. The molecule has 0 aromatic heterocycles. The predicted octanol–water partition coefficient (Wildman–Crippen LogP) is 3.04. The van der Waals surface area contributed by atoms with Gasteiger partial charge in [0.05, 0.1) is 13.3 Å². The minimum Gasteiger partial charge on any atom is -0.493 e. The van der Waals surface area contributed by atoms with Crippen molar-refractivity contribution in [2.45, 2.75) is 6.61 Å². The molecule has 0 bridgehead atoms. The summed E-state index contributed by atoms with van der Waals surface area (Å²) in [5, 5.41) is 3.71. The quantitative estimate of drug-likeness (QED) is 0.599. The molecule has 2 aromatic rings. The van der Waals surface area contributed by atoms with E-state index in [1.54, 1.807) is 25.3 Å². The summed E-state index contributed by atoms with van der Waals surface area (Å²) in [5.74, 6) is 1.19. The summed E-state index contributed by atoms with van der Waals surface area (Å²) in [6.07, 6.45) is 1.47. The molecule has 0 atom stereocenters. The number of nitrogens with one attached hydrogen (secondary N) is 1. The summed E-state index contributed by atoms with van der Waals surface area (Å²) in [5.41, 5.74) is 8.85. The lowest BCUT2D eigenvalue weighted by Crippen LogP contribution is -2.24. The number of primary amides is 1. The van der Waals surface area contributed by atoms with Crippen LogP contribution in [0.1, 0.15) is 11.1 Å². The van der Waals surface area contributed by atoms with Crippen LogP contribution in [0, 0.1) is 0 Å². The standard InChI is InChI=1S/C16H16BrN3O3/c1-22-14-7-4-12(9-19-20-16(18)21)8-15(14)23-10-11-2-5-13(17)6-3-11/h2-9H,10H2,1H3,(H3,18,20,21)/b19-9-. The molecule has 0 unspecified atom stereocenters. The van der Waals surface area contributed by atoms with Crippen LogP contribution in [-0.2, 0) is 6.61 Å². The molecule has 0 fully saturated rings. The van der Waals surface area contributed by atoms with Gasteiger partial charge in [-0.1, -0.05) is 28.1 Å². The third-order valence-electron chi connectivity index (χ3n) is 2.88. The Kier molecular flexibility index (Phi) is 5.99. The summed E-state index contributed by atoms with van der Waals surface area (Å²) >= 11 is 3.39. The number of methoxy groups -OCH3 is 1. The van der Waals surface area contributed by atoms with Gasteiger partial charge in [-0.3, -0.25) is 0 Å². The molecular formula is C16H16BrN3O3. The van der Waals surface area contributed by atoms with Crippen molar-refractivity contribution >= 4 is 28.2 Å². The minimum absolute atomic E-state index is 0.407. The van der Waals surface area contributed by atoms with Crippen LogP contribution >= 0.6 is 15.9 Å². The van der Waals surface area contributed by atoms with Gasteiger partial charge < -0.3 is 15.2 Å². The molecule has 0 saturated heterocycles. The van der Waals surface area contributed by atoms with E-state index in [4.69, 9.17) is 15.2 Å². The summed E-state index contributed by atoms with van der Waals surface area (Å²) in [7, 11) is 1.57. The molecule has 23 heavy (non-hydrogen) atoms. The second kappa shape index (κ2) is 8.19. The zero-order valence-corrected chi connectivity index (χ0v) is 14.0. The smallest absolute Gasteiger partial charge is 0.332 e. The third kappa shape index (κ3) is 5.30. The average Bonchev–Trinajstić information content (AvgIpc) is 2.54. The number of hydrogen-bond acceptors (Lipinski definition) is 4. The number of ether oxygens (including phenoxy) is 2. The van der Waals surface area contributed by atoms with Crippen LogP contribution in [0.5, 0.6) is 11.5 Å². The second-order valence-electron chi connectivity index (χ2n) is 4.56. The fraction of sp³-hybridized carbons (Fsp3) is 0.125. The Hall–Kier alpha value is -2.54. The van der Waals surface area contributed by atoms with E-state index in [9.17, 15) is 4.79 Å². The number of carbonyl (C=O) groups excluding carboxylic acids is 1. The minimum atomic E-state index is -0.721. The van der Waals surface area contributed by atoms with Crippen LogP contribution in [0.2, 0.25) is 0 Å². The maximum atomic E-state index is 10.6. The Morgan fingerprint density at radius 3 is 2.65 bits per heavy atom. The van der Waals surface area contributed by atoms with E-state index < -0.39 is 6.03 Å². The van der Waals surface area contributed by atoms with Crippen molar-refractivity contribution in [3.63, 3.8) is 0 Å². The Bertz CT molecular complexity index is 702. The first-order chi connectivity index (χ1) is 11.1. The van der Waals surface area contributed by atoms with Gasteiger partial charge in [0.15, 0.2) is 11.5 Å². The molecule has 2 aromatic carbocycles. The Labute approximate surface area is 142 Å². The molecule has 0 aliphatic heterocycles. The maximum absolute atomic E-state index is 10.6. The number of urea groups is 1. The van der Waals surface area contributed by atoms with Gasteiger partial charge in [0, 0.05) is 4.47 Å². The predicted molar refractivity (Wildman–Crippen MR) is 91.8 cm³/mol. The van der Waals surface area contributed by atoms with Gasteiger partial charge in [-0.15, -0.1) is 0 Å². The van der Waals surface area contributed by atoms with E-state index in [0.717, 1.165) is 15.6 Å². The van der Waals surface area contributed by atoms with Crippen molar-refractivity contribution in [2.75, 3.05) is 7.11 Å². The van der Waals surface area contributed by atoms with Crippen molar-refractivity contribution in [1.29, 1.82) is 0 Å². The van der Waals surface area contributed by atoms with Crippen molar-refractivity contribution in [3.8, 4) is 11.5 Å². The largest absolute Gasteiger partial charge is 0.493 e. The number of rotatable bonds is 6. The number of carbonyl (C=O) groups is 1. The van der Waals surface area contributed by atoms with E-state index in [0.29, 0.717) is 18.1 Å². The number of halogens is 1. The van der Waals surface area contributed by atoms with Crippen LogP contribution in [-0.4, -0.2) is 19.4 Å². The maximum Gasteiger partial charge on any atom is 0.332 e. The lowest BCUT2D eigenvalue weighted by atomic mass is 10.2. The fourth-order valence-electron chi connectivity index (χ4n) is 1.80. The molecule has 0 spiro atoms. The molecule has 6 nitrogen and oxygen atoms in total. The Morgan fingerprint density at radius 1 is 1.26 bits per heavy atom. The lowest BCUT2D eigenvalue weighted by molar-refractivity contribution is 0.249. The van der Waals surface area contributed by atoms with Crippen LogP contribution in [0.15, 0.2) is 52.0 Å². The number of nitrogens with two attached hydrogens (primary N) is 1. The van der Waals surface area contributed by atoms with Gasteiger partial charge in [-0.25, -0.2) is 10.2 Å². The van der Waals surface area contributed by atoms with Gasteiger partial charge in [0.1, 0.15) is 6.61 Å². The molecule has 0 radical (unpaired) electrons. The Balaban J connectivity index is 2.10. The van der Waals surface area contributed by atoms with Gasteiger partial charge >= 0.3 is 6.03 Å². The van der Waals surface area contributed by atoms with Crippen LogP contribution in [0.25, 0.3) is 0 Å². The molecule has 7 heteroatoms. The number of benzene rings is 2. The van der Waals surface area contributed by atoms with Crippen LogP contribution < -0.4 is 20.6 Å². The van der Waals surface area contributed by atoms with E-state index in [1.807, 2.05) is 24.3 Å². The average molecular weight is 378 g/mol. The van der Waals surface area contributed by atoms with E-state index in [2.05, 4.69) is 26.5 Å². The molecule has 3 N–H and O–H groups in total. The summed E-state index contributed by atoms with van der Waals surface area (Å²) in [4.78, 5) is 10.6. The zero-order chi connectivity index (χ0) is 16.7. The van der Waals surface area contributed by atoms with Gasteiger partial charge in [-0.2, -0.15) is 5.10 Å². The molecule has 2 rings (SSSR count). The summed E-state index contributed by atoms with van der Waals surface area (Å²) in [6, 6.07) is 12.4. The first kappa shape index (κ1) is 16.8. The second-order valence-corrected chi connectivity index (χ2v) is 5.48. The van der Waals surface area contributed by atoms with Crippen molar-refractivity contribution in [2.24, 2.45) is 10.8 Å². The van der Waals surface area contributed by atoms with Crippen molar-refractivity contribution in [3.05, 3.63) is 58.1 Å². The van der Waals surface area contributed by atoms with Gasteiger partial charge in [0.25, 0.3) is 0 Å². The monoisotopic (exact) mass is 377 g/mol. The Morgan fingerprint density at radius 2 is 2.00 bits per heavy atom. The van der Waals surface area contributed by atoms with E-state index in [1.165, 1.54) is 6.21 Å².